The molecule has 0 atom stereocenters. The highest BCUT2D eigenvalue weighted by Crippen LogP contribution is 2.36. The predicted molar refractivity (Wildman–Crippen MR) is 132 cm³/mol. The zero-order valence-corrected chi connectivity index (χ0v) is 18.5. The van der Waals surface area contributed by atoms with Crippen LogP contribution in [0.5, 0.6) is 0 Å². The molecule has 0 aromatic heterocycles. The van der Waals surface area contributed by atoms with E-state index in [0.29, 0.717) is 6.42 Å². The van der Waals surface area contributed by atoms with Gasteiger partial charge in [-0.15, -0.1) is 0 Å². The lowest BCUT2D eigenvalue weighted by Gasteiger charge is -2.14. The molecule has 0 bridgehead atoms. The highest BCUT2D eigenvalue weighted by molar-refractivity contribution is 6.23. The maximum atomic E-state index is 11.1. The number of amides is 1. The summed E-state index contributed by atoms with van der Waals surface area (Å²) in [6.45, 7) is 0. The van der Waals surface area contributed by atoms with Crippen molar-refractivity contribution in [1.29, 1.82) is 0 Å². The van der Waals surface area contributed by atoms with Gasteiger partial charge in [0.1, 0.15) is 0 Å². The van der Waals surface area contributed by atoms with E-state index in [9.17, 15) is 4.79 Å². The molecule has 0 aliphatic rings. The molecule has 0 unspecified atom stereocenters. The van der Waals surface area contributed by atoms with Crippen LogP contribution in [0.1, 0.15) is 69.8 Å². The van der Waals surface area contributed by atoms with Gasteiger partial charge in [0.05, 0.1) is 0 Å². The van der Waals surface area contributed by atoms with Crippen molar-refractivity contribution >= 4 is 38.2 Å². The van der Waals surface area contributed by atoms with Gasteiger partial charge in [-0.2, -0.15) is 0 Å². The third-order valence-corrected chi connectivity index (χ3v) is 6.63. The molecular weight excluding hydrogens is 380 g/mol. The number of carbonyl (C=O) groups is 1. The Hall–Kier alpha value is -2.65. The van der Waals surface area contributed by atoms with Gasteiger partial charge >= 0.3 is 0 Å². The van der Waals surface area contributed by atoms with E-state index in [1.807, 2.05) is 0 Å². The Morgan fingerprint density at radius 1 is 0.645 bits per heavy atom. The maximum Gasteiger partial charge on any atom is 0.233 e. The monoisotopic (exact) mass is 414 g/mol. The van der Waals surface area contributed by atoms with Gasteiger partial charge in [-0.3, -0.25) is 10.2 Å². The zero-order chi connectivity index (χ0) is 21.5. The van der Waals surface area contributed by atoms with Crippen molar-refractivity contribution in [2.45, 2.75) is 70.6 Å². The number of rotatable bonds is 12. The summed E-state index contributed by atoms with van der Waals surface area (Å²) in [4.78, 5) is 11.1. The number of hydrogen-bond donors (Lipinski definition) is 2. The molecular formula is C28H34N2O. The summed E-state index contributed by atoms with van der Waals surface area (Å²) in [6, 6.07) is 20.4. The number of unbranched alkanes of at least 4 members (excludes halogenated alkanes) is 8. The molecule has 162 valence electrons. The van der Waals surface area contributed by atoms with E-state index in [2.05, 4.69) is 60.0 Å². The number of hydrazine groups is 1. The van der Waals surface area contributed by atoms with E-state index >= 15 is 0 Å². The first-order chi connectivity index (χ1) is 15.3. The van der Waals surface area contributed by atoms with Crippen LogP contribution in [0.15, 0.2) is 54.6 Å². The Morgan fingerprint density at radius 3 is 1.87 bits per heavy atom. The Morgan fingerprint density at radius 2 is 1.19 bits per heavy atom. The molecule has 0 saturated heterocycles. The van der Waals surface area contributed by atoms with Crippen molar-refractivity contribution in [3.05, 3.63) is 60.2 Å². The second-order valence-electron chi connectivity index (χ2n) is 8.83. The van der Waals surface area contributed by atoms with Crippen LogP contribution in [0.2, 0.25) is 0 Å². The van der Waals surface area contributed by atoms with Crippen LogP contribution in [-0.4, -0.2) is 5.91 Å². The maximum absolute atomic E-state index is 11.1. The molecule has 31 heavy (non-hydrogen) atoms. The summed E-state index contributed by atoms with van der Waals surface area (Å²) >= 11 is 0. The van der Waals surface area contributed by atoms with Gasteiger partial charge in [-0.1, -0.05) is 99.5 Å². The SMILES string of the molecule is NNC(=O)CCCCCCCCCCCc1ccc2ccc3cccc4ccc1c2c34. The van der Waals surface area contributed by atoms with Gasteiger partial charge in [-0.25, -0.2) is 5.84 Å². The van der Waals surface area contributed by atoms with Crippen LogP contribution >= 0.6 is 0 Å². The molecule has 4 rings (SSSR count). The van der Waals surface area contributed by atoms with Crippen LogP contribution in [0.4, 0.5) is 0 Å². The summed E-state index contributed by atoms with van der Waals surface area (Å²) in [5, 5.41) is 8.34. The van der Waals surface area contributed by atoms with Crippen molar-refractivity contribution in [2.24, 2.45) is 5.84 Å². The molecule has 0 saturated carbocycles. The Labute approximate surface area is 185 Å². The van der Waals surface area contributed by atoms with Crippen molar-refractivity contribution in [3.8, 4) is 0 Å². The normalized spacial score (nSPS) is 11.6. The van der Waals surface area contributed by atoms with Crippen LogP contribution in [0, 0.1) is 0 Å². The molecule has 0 fully saturated rings. The van der Waals surface area contributed by atoms with E-state index in [-0.39, 0.29) is 5.91 Å². The third kappa shape index (κ3) is 5.16. The van der Waals surface area contributed by atoms with Gasteiger partial charge in [0, 0.05) is 6.42 Å². The lowest BCUT2D eigenvalue weighted by Crippen LogP contribution is -2.29. The first kappa shape index (κ1) is 21.6. The summed E-state index contributed by atoms with van der Waals surface area (Å²) in [5.74, 6) is 5.04. The molecule has 1 amide bonds. The van der Waals surface area contributed by atoms with Crippen molar-refractivity contribution < 1.29 is 4.79 Å². The average molecular weight is 415 g/mol. The smallest absolute Gasteiger partial charge is 0.233 e. The number of benzene rings is 4. The van der Waals surface area contributed by atoms with Crippen LogP contribution < -0.4 is 11.3 Å². The highest BCUT2D eigenvalue weighted by Gasteiger charge is 2.10. The number of hydrogen-bond acceptors (Lipinski definition) is 2. The van der Waals surface area contributed by atoms with Gasteiger partial charge < -0.3 is 0 Å². The lowest BCUT2D eigenvalue weighted by atomic mass is 9.90. The van der Waals surface area contributed by atoms with E-state index < -0.39 is 0 Å². The molecule has 3 heteroatoms. The highest BCUT2D eigenvalue weighted by atomic mass is 16.2. The van der Waals surface area contributed by atoms with Gasteiger partial charge in [0.2, 0.25) is 5.91 Å². The molecule has 0 heterocycles. The molecule has 0 aliphatic heterocycles. The van der Waals surface area contributed by atoms with Crippen LogP contribution in [-0.2, 0) is 11.2 Å². The van der Waals surface area contributed by atoms with Gasteiger partial charge in [-0.05, 0) is 57.1 Å². The minimum absolute atomic E-state index is 0.0512. The molecule has 0 spiro atoms. The molecule has 4 aromatic carbocycles. The first-order valence-corrected chi connectivity index (χ1v) is 11.9. The molecule has 3 nitrogen and oxygen atoms in total. The fraction of sp³-hybridized carbons (Fsp3) is 0.393. The molecule has 0 radical (unpaired) electrons. The minimum Gasteiger partial charge on any atom is -0.294 e. The Kier molecular flexibility index (Phi) is 7.37. The molecule has 0 aliphatic carbocycles. The standard InChI is InChI=1S/C28H34N2O/c29-30-26(31)14-9-7-5-3-1-2-4-6-8-11-21-15-16-24-18-17-22-12-10-13-23-19-20-25(21)28(24)27(22)23/h10,12-13,15-20H,1-9,11,14,29H2,(H,30,31). The summed E-state index contributed by atoms with van der Waals surface area (Å²) in [5.41, 5.74) is 3.68. The van der Waals surface area contributed by atoms with Crippen LogP contribution in [0.25, 0.3) is 32.3 Å². The van der Waals surface area contributed by atoms with E-state index in [1.165, 1.54) is 82.8 Å². The fourth-order valence-corrected chi connectivity index (χ4v) is 4.92. The number of carbonyl (C=O) groups excluding carboxylic acids is 1. The zero-order valence-electron chi connectivity index (χ0n) is 18.5. The Balaban J connectivity index is 1.23. The van der Waals surface area contributed by atoms with Crippen molar-refractivity contribution in [3.63, 3.8) is 0 Å². The topological polar surface area (TPSA) is 55.1 Å². The quantitative estimate of drug-likeness (QED) is 0.0860. The van der Waals surface area contributed by atoms with Crippen molar-refractivity contribution in [2.75, 3.05) is 0 Å². The number of nitrogens with one attached hydrogen (secondary N) is 1. The largest absolute Gasteiger partial charge is 0.294 e. The number of aryl methyl sites for hydroxylation is 1. The van der Waals surface area contributed by atoms with E-state index in [0.717, 1.165) is 19.3 Å². The average Bonchev–Trinajstić information content (AvgIpc) is 2.81. The van der Waals surface area contributed by atoms with Crippen molar-refractivity contribution in [1.82, 2.24) is 5.43 Å². The number of nitrogens with two attached hydrogens (primary N) is 1. The second-order valence-corrected chi connectivity index (χ2v) is 8.83. The third-order valence-electron chi connectivity index (χ3n) is 6.63. The first-order valence-electron chi connectivity index (χ1n) is 11.9. The summed E-state index contributed by atoms with van der Waals surface area (Å²) < 4.78 is 0. The predicted octanol–water partition coefficient (Wildman–Crippen LogP) is 7.02. The summed E-state index contributed by atoms with van der Waals surface area (Å²) in [6.07, 6.45) is 12.8. The van der Waals surface area contributed by atoms with E-state index in [1.54, 1.807) is 0 Å². The van der Waals surface area contributed by atoms with Crippen LogP contribution in [0.3, 0.4) is 0 Å². The fourth-order valence-electron chi connectivity index (χ4n) is 4.92. The van der Waals surface area contributed by atoms with E-state index in [4.69, 9.17) is 5.84 Å². The second kappa shape index (κ2) is 10.6. The van der Waals surface area contributed by atoms with Gasteiger partial charge in [0.15, 0.2) is 0 Å². The molecule has 4 aromatic rings. The minimum atomic E-state index is -0.0512. The van der Waals surface area contributed by atoms with Gasteiger partial charge in [0.25, 0.3) is 0 Å². The molecule has 3 N–H and O–H groups in total. The Bertz CT molecular complexity index is 1120. The lowest BCUT2D eigenvalue weighted by molar-refractivity contribution is -0.121. The summed E-state index contributed by atoms with van der Waals surface area (Å²) in [7, 11) is 0.